The number of esters is 1. The van der Waals surface area contributed by atoms with Crippen molar-refractivity contribution in [2.24, 2.45) is 0 Å². The van der Waals surface area contributed by atoms with Gasteiger partial charge in [-0.25, -0.2) is 0 Å². The maximum atomic E-state index is 11.3. The molecule has 0 bridgehead atoms. The molecule has 0 heterocycles. The molecule has 4 heteroatoms. The van der Waals surface area contributed by atoms with Gasteiger partial charge in [-0.3, -0.25) is 4.79 Å². The van der Waals surface area contributed by atoms with Crippen LogP contribution in [0.4, 0.5) is 0 Å². The van der Waals surface area contributed by atoms with Crippen molar-refractivity contribution in [3.8, 4) is 11.5 Å². The molecule has 0 saturated heterocycles. The minimum absolute atomic E-state index is 0.155. The summed E-state index contributed by atoms with van der Waals surface area (Å²) in [5, 5.41) is 0.155. The molecule has 0 N–H and O–H groups in total. The molecule has 20 heavy (non-hydrogen) atoms. The summed E-state index contributed by atoms with van der Waals surface area (Å²) in [7, 11) is -1.83. The third kappa shape index (κ3) is 4.53. The second kappa shape index (κ2) is 6.26. The van der Waals surface area contributed by atoms with Gasteiger partial charge in [0.05, 0.1) is 6.42 Å². The quantitative estimate of drug-likeness (QED) is 0.345. The van der Waals surface area contributed by atoms with E-state index < -0.39 is 8.32 Å². The normalized spacial score (nSPS) is 11.8. The average molecular weight is 292 g/mol. The molecule has 1 aromatic carbocycles. The number of ether oxygens (including phenoxy) is 1. The van der Waals surface area contributed by atoms with Crippen LogP contribution in [-0.4, -0.2) is 14.3 Å². The van der Waals surface area contributed by atoms with Crippen molar-refractivity contribution in [3.05, 3.63) is 36.9 Å². The summed E-state index contributed by atoms with van der Waals surface area (Å²) < 4.78 is 11.3. The van der Waals surface area contributed by atoms with E-state index in [-0.39, 0.29) is 17.4 Å². The fraction of sp³-hybridized carbons (Fsp3) is 0.438. The highest BCUT2D eigenvalue weighted by atomic mass is 28.4. The summed E-state index contributed by atoms with van der Waals surface area (Å²) in [5.74, 6) is 1.04. The third-order valence-corrected chi connectivity index (χ3v) is 7.90. The zero-order valence-corrected chi connectivity index (χ0v) is 14.0. The second-order valence-electron chi connectivity index (χ2n) is 6.30. The molecule has 0 fully saturated rings. The molecule has 0 aromatic heterocycles. The highest BCUT2D eigenvalue weighted by Crippen LogP contribution is 2.37. The zero-order valence-electron chi connectivity index (χ0n) is 13.0. The van der Waals surface area contributed by atoms with Gasteiger partial charge in [0.25, 0.3) is 0 Å². The van der Waals surface area contributed by atoms with Crippen LogP contribution in [0.3, 0.4) is 0 Å². The molecule has 1 aromatic rings. The van der Waals surface area contributed by atoms with Crippen LogP contribution < -0.4 is 9.16 Å². The summed E-state index contributed by atoms with van der Waals surface area (Å²) in [5.41, 5.74) is 0. The highest BCUT2D eigenvalue weighted by Gasteiger charge is 2.38. The van der Waals surface area contributed by atoms with Crippen molar-refractivity contribution < 1.29 is 14.0 Å². The van der Waals surface area contributed by atoms with Crippen LogP contribution in [0.1, 0.15) is 27.2 Å². The molecule has 0 atom stereocenters. The van der Waals surface area contributed by atoms with Crippen molar-refractivity contribution in [1.82, 2.24) is 0 Å². The largest absolute Gasteiger partial charge is 0.543 e. The Morgan fingerprint density at radius 3 is 2.15 bits per heavy atom. The molecule has 110 valence electrons. The van der Waals surface area contributed by atoms with E-state index in [1.807, 2.05) is 12.1 Å². The van der Waals surface area contributed by atoms with Gasteiger partial charge < -0.3 is 9.16 Å². The number of hydrogen-bond acceptors (Lipinski definition) is 3. The summed E-state index contributed by atoms with van der Waals surface area (Å²) in [6.07, 6.45) is 1.74. The van der Waals surface area contributed by atoms with Crippen LogP contribution in [0, 0.1) is 0 Å². The van der Waals surface area contributed by atoms with Crippen LogP contribution in [0.2, 0.25) is 18.1 Å². The molecule has 3 nitrogen and oxygen atoms in total. The molecule has 0 unspecified atom stereocenters. The summed E-state index contributed by atoms with van der Waals surface area (Å²) in [4.78, 5) is 11.3. The van der Waals surface area contributed by atoms with Gasteiger partial charge in [0.1, 0.15) is 11.5 Å². The standard InChI is InChI=1S/C16H24O3Si/c1-7-8-15(17)18-13-9-11-14(12-10-13)19-20(5,6)16(2,3)4/h7,9-12H,1,8H2,2-6H3. The van der Waals surface area contributed by atoms with Crippen LogP contribution in [-0.2, 0) is 4.79 Å². The van der Waals surface area contributed by atoms with E-state index in [2.05, 4.69) is 40.4 Å². The van der Waals surface area contributed by atoms with E-state index in [9.17, 15) is 4.79 Å². The number of carbonyl (C=O) groups excluding carboxylic acids is 1. The lowest BCUT2D eigenvalue weighted by Gasteiger charge is -2.36. The summed E-state index contributed by atoms with van der Waals surface area (Å²) in [6, 6.07) is 7.20. The first-order valence-corrected chi connectivity index (χ1v) is 9.67. The smallest absolute Gasteiger partial charge is 0.315 e. The molecule has 0 radical (unpaired) electrons. The molecular weight excluding hydrogens is 268 g/mol. The SMILES string of the molecule is C=CCC(=O)Oc1ccc(O[Si](C)(C)C(C)(C)C)cc1. The molecule has 0 aliphatic carbocycles. The average Bonchev–Trinajstić information content (AvgIpc) is 2.30. The minimum atomic E-state index is -1.83. The summed E-state index contributed by atoms with van der Waals surface area (Å²) >= 11 is 0. The predicted octanol–water partition coefficient (Wildman–Crippen LogP) is 4.55. The van der Waals surface area contributed by atoms with Gasteiger partial charge in [-0.2, -0.15) is 0 Å². The Labute approximate surface area is 122 Å². The number of benzene rings is 1. The van der Waals surface area contributed by atoms with Crippen LogP contribution in [0.15, 0.2) is 36.9 Å². The van der Waals surface area contributed by atoms with Crippen LogP contribution >= 0.6 is 0 Å². The first-order chi connectivity index (χ1) is 9.15. The highest BCUT2D eigenvalue weighted by molar-refractivity contribution is 6.74. The van der Waals surface area contributed by atoms with E-state index in [1.165, 1.54) is 6.08 Å². The molecule has 0 aliphatic heterocycles. The van der Waals surface area contributed by atoms with Gasteiger partial charge in [0.15, 0.2) is 0 Å². The molecular formula is C16H24O3Si. The van der Waals surface area contributed by atoms with Gasteiger partial charge in [0, 0.05) is 0 Å². The Hall–Kier alpha value is -1.55. The van der Waals surface area contributed by atoms with E-state index in [1.54, 1.807) is 12.1 Å². The molecule has 0 spiro atoms. The van der Waals surface area contributed by atoms with Crippen molar-refractivity contribution in [2.75, 3.05) is 0 Å². The maximum absolute atomic E-state index is 11.3. The monoisotopic (exact) mass is 292 g/mol. The second-order valence-corrected chi connectivity index (χ2v) is 11.0. The molecule has 0 aliphatic rings. The lowest BCUT2D eigenvalue weighted by molar-refractivity contribution is -0.133. The van der Waals surface area contributed by atoms with Gasteiger partial charge in [-0.05, 0) is 42.4 Å². The van der Waals surface area contributed by atoms with Crippen molar-refractivity contribution in [1.29, 1.82) is 0 Å². The first kappa shape index (κ1) is 16.5. The fourth-order valence-electron chi connectivity index (χ4n) is 1.31. The van der Waals surface area contributed by atoms with Crippen LogP contribution in [0.25, 0.3) is 0 Å². The van der Waals surface area contributed by atoms with E-state index in [0.29, 0.717) is 5.75 Å². The van der Waals surface area contributed by atoms with Crippen molar-refractivity contribution in [2.45, 2.75) is 45.3 Å². The lowest BCUT2D eigenvalue weighted by Crippen LogP contribution is -2.43. The maximum Gasteiger partial charge on any atom is 0.315 e. The van der Waals surface area contributed by atoms with Gasteiger partial charge in [-0.15, -0.1) is 6.58 Å². The predicted molar refractivity (Wildman–Crippen MR) is 84.7 cm³/mol. The Bertz CT molecular complexity index is 469. The molecule has 0 amide bonds. The van der Waals surface area contributed by atoms with Crippen molar-refractivity contribution in [3.63, 3.8) is 0 Å². The Morgan fingerprint density at radius 1 is 1.20 bits per heavy atom. The number of carbonyl (C=O) groups is 1. The number of hydrogen-bond donors (Lipinski definition) is 0. The first-order valence-electron chi connectivity index (χ1n) is 6.76. The van der Waals surface area contributed by atoms with E-state index in [4.69, 9.17) is 9.16 Å². The van der Waals surface area contributed by atoms with Crippen molar-refractivity contribution >= 4 is 14.3 Å². The van der Waals surface area contributed by atoms with Crippen LogP contribution in [0.5, 0.6) is 11.5 Å². The molecule has 0 saturated carbocycles. The minimum Gasteiger partial charge on any atom is -0.543 e. The lowest BCUT2D eigenvalue weighted by atomic mass is 10.2. The summed E-state index contributed by atoms with van der Waals surface area (Å²) in [6.45, 7) is 14.5. The number of rotatable bonds is 5. The molecule has 1 rings (SSSR count). The topological polar surface area (TPSA) is 35.5 Å². The van der Waals surface area contributed by atoms with E-state index in [0.717, 1.165) is 5.75 Å². The fourth-order valence-corrected chi connectivity index (χ4v) is 2.35. The Balaban J connectivity index is 2.72. The van der Waals surface area contributed by atoms with Gasteiger partial charge in [-0.1, -0.05) is 26.8 Å². The zero-order chi connectivity index (χ0) is 15.4. The van der Waals surface area contributed by atoms with E-state index >= 15 is 0 Å². The van der Waals surface area contributed by atoms with Gasteiger partial charge in [0.2, 0.25) is 8.32 Å². The Morgan fingerprint density at radius 2 is 1.70 bits per heavy atom. The van der Waals surface area contributed by atoms with Gasteiger partial charge >= 0.3 is 5.97 Å². The Kier molecular flexibility index (Phi) is 5.17. The third-order valence-electron chi connectivity index (χ3n) is 3.55.